The summed E-state index contributed by atoms with van der Waals surface area (Å²) in [5.41, 5.74) is 1.69. The van der Waals surface area contributed by atoms with Crippen molar-refractivity contribution in [1.82, 2.24) is 14.9 Å². The largest absolute Gasteiger partial charge is 0.494 e. The van der Waals surface area contributed by atoms with Gasteiger partial charge in [0, 0.05) is 6.04 Å². The van der Waals surface area contributed by atoms with E-state index in [1.807, 2.05) is 22.8 Å². The molecule has 1 aliphatic rings. The Hall–Kier alpha value is -1.75. The van der Waals surface area contributed by atoms with Crippen molar-refractivity contribution in [2.75, 3.05) is 20.2 Å². The van der Waals surface area contributed by atoms with Gasteiger partial charge in [0.1, 0.15) is 11.3 Å². The predicted octanol–water partition coefficient (Wildman–Crippen LogP) is 1.26. The number of imidazole rings is 1. The summed E-state index contributed by atoms with van der Waals surface area (Å²) in [6, 6.07) is 6.04. The summed E-state index contributed by atoms with van der Waals surface area (Å²) in [6.07, 6.45) is 1.98. The van der Waals surface area contributed by atoms with Gasteiger partial charge in [0.05, 0.1) is 12.6 Å². The number of rotatable bonds is 2. The molecule has 0 atom stereocenters. The fraction of sp³-hybridized carbons (Fsp3) is 0.462. The third kappa shape index (κ3) is 1.71. The molecule has 5 heteroatoms. The molecule has 2 heterocycles. The molecule has 2 aromatic rings. The molecule has 5 nitrogen and oxygen atoms in total. The topological polar surface area (TPSA) is 59.1 Å². The van der Waals surface area contributed by atoms with Crippen LogP contribution in [0.25, 0.3) is 11.0 Å². The molecule has 1 aromatic heterocycles. The second-order valence-electron chi connectivity index (χ2n) is 4.64. The molecule has 0 aliphatic carbocycles. The number of piperidine rings is 1. The van der Waals surface area contributed by atoms with E-state index in [0.717, 1.165) is 42.7 Å². The van der Waals surface area contributed by atoms with E-state index in [2.05, 4.69) is 10.3 Å². The van der Waals surface area contributed by atoms with E-state index in [1.54, 1.807) is 7.11 Å². The van der Waals surface area contributed by atoms with Crippen molar-refractivity contribution in [3.8, 4) is 5.75 Å². The molecule has 18 heavy (non-hydrogen) atoms. The number of H-pyrrole nitrogens is 1. The van der Waals surface area contributed by atoms with Crippen LogP contribution in [0.1, 0.15) is 18.9 Å². The van der Waals surface area contributed by atoms with E-state index in [-0.39, 0.29) is 11.7 Å². The summed E-state index contributed by atoms with van der Waals surface area (Å²) in [6.45, 7) is 1.93. The van der Waals surface area contributed by atoms with Crippen LogP contribution < -0.4 is 15.7 Å². The number of nitrogens with zero attached hydrogens (tertiary/aromatic N) is 1. The maximum Gasteiger partial charge on any atom is 0.326 e. The van der Waals surface area contributed by atoms with Crippen LogP contribution in [-0.2, 0) is 0 Å². The molecule has 0 unspecified atom stereocenters. The first-order chi connectivity index (χ1) is 8.81. The van der Waals surface area contributed by atoms with Crippen molar-refractivity contribution in [3.63, 3.8) is 0 Å². The lowest BCUT2D eigenvalue weighted by atomic mass is 10.1. The third-order valence-corrected chi connectivity index (χ3v) is 3.61. The fourth-order valence-corrected chi connectivity index (χ4v) is 2.72. The van der Waals surface area contributed by atoms with Crippen molar-refractivity contribution >= 4 is 11.0 Å². The minimum absolute atomic E-state index is 0.0404. The van der Waals surface area contributed by atoms with E-state index in [9.17, 15) is 4.79 Å². The average Bonchev–Trinajstić information content (AvgIpc) is 2.75. The Morgan fingerprint density at radius 1 is 1.33 bits per heavy atom. The Morgan fingerprint density at radius 3 is 2.83 bits per heavy atom. The van der Waals surface area contributed by atoms with Gasteiger partial charge in [-0.05, 0) is 38.1 Å². The number of aromatic amines is 1. The Labute approximate surface area is 105 Å². The van der Waals surface area contributed by atoms with Gasteiger partial charge in [0.15, 0.2) is 0 Å². The SMILES string of the molecule is COc1cccc2c1[nH]c(=O)n2C1CCNCC1. The highest BCUT2D eigenvalue weighted by atomic mass is 16.5. The zero-order valence-corrected chi connectivity index (χ0v) is 10.4. The Morgan fingerprint density at radius 2 is 2.11 bits per heavy atom. The van der Waals surface area contributed by atoms with Gasteiger partial charge >= 0.3 is 5.69 Å². The monoisotopic (exact) mass is 247 g/mol. The number of aromatic nitrogens is 2. The number of fused-ring (bicyclic) bond motifs is 1. The van der Waals surface area contributed by atoms with E-state index in [1.165, 1.54) is 0 Å². The number of methoxy groups -OCH3 is 1. The van der Waals surface area contributed by atoms with Crippen LogP contribution in [-0.4, -0.2) is 29.8 Å². The maximum atomic E-state index is 12.1. The average molecular weight is 247 g/mol. The minimum Gasteiger partial charge on any atom is -0.494 e. The van der Waals surface area contributed by atoms with Crippen molar-refractivity contribution in [2.24, 2.45) is 0 Å². The Kier molecular flexibility index (Phi) is 2.83. The molecule has 0 radical (unpaired) electrons. The van der Waals surface area contributed by atoms with Crippen molar-refractivity contribution in [2.45, 2.75) is 18.9 Å². The lowest BCUT2D eigenvalue weighted by Crippen LogP contribution is -2.33. The van der Waals surface area contributed by atoms with Crippen molar-refractivity contribution in [1.29, 1.82) is 0 Å². The highest BCUT2D eigenvalue weighted by molar-refractivity contribution is 5.82. The van der Waals surface area contributed by atoms with Crippen LogP contribution in [0.2, 0.25) is 0 Å². The molecule has 1 fully saturated rings. The summed E-state index contributed by atoms with van der Waals surface area (Å²) in [7, 11) is 1.62. The van der Waals surface area contributed by atoms with Crippen LogP contribution in [0, 0.1) is 0 Å². The predicted molar refractivity (Wildman–Crippen MR) is 70.3 cm³/mol. The lowest BCUT2D eigenvalue weighted by molar-refractivity contribution is 0.368. The molecule has 1 aromatic carbocycles. The quantitative estimate of drug-likeness (QED) is 0.840. The van der Waals surface area contributed by atoms with Crippen LogP contribution in [0.15, 0.2) is 23.0 Å². The van der Waals surface area contributed by atoms with Crippen LogP contribution in [0.4, 0.5) is 0 Å². The number of hydrogen-bond acceptors (Lipinski definition) is 3. The molecule has 1 aliphatic heterocycles. The molecule has 96 valence electrons. The van der Waals surface area contributed by atoms with Crippen molar-refractivity contribution < 1.29 is 4.74 Å². The smallest absolute Gasteiger partial charge is 0.326 e. The number of nitrogens with one attached hydrogen (secondary N) is 2. The highest BCUT2D eigenvalue weighted by Gasteiger charge is 2.20. The summed E-state index contributed by atoms with van der Waals surface area (Å²) >= 11 is 0. The van der Waals surface area contributed by atoms with Crippen LogP contribution in [0.3, 0.4) is 0 Å². The number of benzene rings is 1. The molecule has 3 rings (SSSR count). The van der Waals surface area contributed by atoms with Crippen LogP contribution >= 0.6 is 0 Å². The van der Waals surface area contributed by atoms with E-state index >= 15 is 0 Å². The van der Waals surface area contributed by atoms with E-state index in [0.29, 0.717) is 0 Å². The Balaban J connectivity index is 2.16. The molecule has 1 saturated heterocycles. The Bertz CT molecular complexity index is 608. The summed E-state index contributed by atoms with van der Waals surface area (Å²) in [5, 5.41) is 3.32. The van der Waals surface area contributed by atoms with Crippen molar-refractivity contribution in [3.05, 3.63) is 28.7 Å². The zero-order valence-electron chi connectivity index (χ0n) is 10.4. The first-order valence-electron chi connectivity index (χ1n) is 6.29. The number of hydrogen-bond donors (Lipinski definition) is 2. The molecule has 2 N–H and O–H groups in total. The maximum absolute atomic E-state index is 12.1. The minimum atomic E-state index is -0.0404. The summed E-state index contributed by atoms with van der Waals surface area (Å²) in [4.78, 5) is 15.0. The van der Waals surface area contributed by atoms with Gasteiger partial charge in [-0.3, -0.25) is 4.57 Å². The first kappa shape index (κ1) is 11.3. The standard InChI is InChI=1S/C13H17N3O2/c1-18-11-4-2-3-10-12(11)15-13(17)16(10)9-5-7-14-8-6-9/h2-4,9,14H,5-8H2,1H3,(H,15,17). The number of para-hydroxylation sites is 1. The molecule has 0 bridgehead atoms. The van der Waals surface area contributed by atoms with E-state index in [4.69, 9.17) is 4.74 Å². The van der Waals surface area contributed by atoms with E-state index < -0.39 is 0 Å². The summed E-state index contributed by atoms with van der Waals surface area (Å²) in [5.74, 6) is 0.720. The third-order valence-electron chi connectivity index (χ3n) is 3.61. The van der Waals surface area contributed by atoms with Crippen LogP contribution in [0.5, 0.6) is 5.75 Å². The normalized spacial score (nSPS) is 17.2. The molecular formula is C13H17N3O2. The molecule has 0 saturated carbocycles. The van der Waals surface area contributed by atoms with Gasteiger partial charge in [0.2, 0.25) is 0 Å². The lowest BCUT2D eigenvalue weighted by Gasteiger charge is -2.23. The fourth-order valence-electron chi connectivity index (χ4n) is 2.72. The summed E-state index contributed by atoms with van der Waals surface area (Å²) < 4.78 is 7.16. The van der Waals surface area contributed by atoms with Gasteiger partial charge in [-0.15, -0.1) is 0 Å². The van der Waals surface area contributed by atoms with Gasteiger partial charge in [-0.25, -0.2) is 4.79 Å². The second-order valence-corrected chi connectivity index (χ2v) is 4.64. The van der Waals surface area contributed by atoms with Gasteiger partial charge in [0.25, 0.3) is 0 Å². The molecular weight excluding hydrogens is 230 g/mol. The second kappa shape index (κ2) is 4.49. The molecule has 0 amide bonds. The highest BCUT2D eigenvalue weighted by Crippen LogP contribution is 2.26. The molecule has 0 spiro atoms. The van der Waals surface area contributed by atoms with Gasteiger partial charge in [-0.1, -0.05) is 6.07 Å². The number of ether oxygens (including phenoxy) is 1. The first-order valence-corrected chi connectivity index (χ1v) is 6.29. The van der Waals surface area contributed by atoms with Gasteiger partial charge in [-0.2, -0.15) is 0 Å². The van der Waals surface area contributed by atoms with Gasteiger partial charge < -0.3 is 15.0 Å². The zero-order chi connectivity index (χ0) is 12.5.